The molecule has 0 bridgehead atoms. The van der Waals surface area contributed by atoms with Crippen molar-refractivity contribution in [3.8, 4) is 6.07 Å². The maximum absolute atomic E-state index is 13.3. The van der Waals surface area contributed by atoms with E-state index in [-0.39, 0.29) is 17.9 Å². The molecule has 1 aromatic rings. The number of aryl methyl sites for hydroxylation is 1. The Bertz CT molecular complexity index is 395. The smallest absolute Gasteiger partial charge is 0.126 e. The third-order valence-electron chi connectivity index (χ3n) is 2.71. The summed E-state index contributed by atoms with van der Waals surface area (Å²) in [7, 11) is 0. The molecule has 86 valence electrons. The van der Waals surface area contributed by atoms with E-state index in [2.05, 4.69) is 11.4 Å². The van der Waals surface area contributed by atoms with Crippen molar-refractivity contribution in [3.05, 3.63) is 35.1 Å². The summed E-state index contributed by atoms with van der Waals surface area (Å²) in [6, 6.07) is 7.15. The summed E-state index contributed by atoms with van der Waals surface area (Å²) < 4.78 is 13.3. The average Bonchev–Trinajstić information content (AvgIpc) is 2.29. The van der Waals surface area contributed by atoms with Crippen LogP contribution in [-0.4, -0.2) is 6.04 Å². The monoisotopic (exact) mass is 220 g/mol. The Morgan fingerprint density at radius 1 is 1.50 bits per heavy atom. The Kier molecular flexibility index (Phi) is 4.45. The molecule has 16 heavy (non-hydrogen) atoms. The summed E-state index contributed by atoms with van der Waals surface area (Å²) in [6.45, 7) is 5.62. The van der Waals surface area contributed by atoms with Gasteiger partial charge in [-0.05, 0) is 37.5 Å². The topological polar surface area (TPSA) is 35.8 Å². The van der Waals surface area contributed by atoms with Crippen LogP contribution < -0.4 is 5.32 Å². The molecule has 1 aromatic carbocycles. The summed E-state index contributed by atoms with van der Waals surface area (Å²) >= 11 is 0. The van der Waals surface area contributed by atoms with Gasteiger partial charge >= 0.3 is 0 Å². The van der Waals surface area contributed by atoms with Crippen molar-refractivity contribution in [2.45, 2.75) is 39.3 Å². The lowest BCUT2D eigenvalue weighted by Crippen LogP contribution is -2.29. The minimum Gasteiger partial charge on any atom is -0.295 e. The number of nitrogens with one attached hydrogen (secondary N) is 1. The van der Waals surface area contributed by atoms with Crippen LogP contribution in [0.5, 0.6) is 0 Å². The number of nitriles is 1. The summed E-state index contributed by atoms with van der Waals surface area (Å²) in [4.78, 5) is 0. The van der Waals surface area contributed by atoms with Crippen LogP contribution in [0.2, 0.25) is 0 Å². The van der Waals surface area contributed by atoms with E-state index in [1.807, 2.05) is 19.9 Å². The molecule has 0 aliphatic rings. The maximum atomic E-state index is 13.3. The third kappa shape index (κ3) is 3.04. The number of hydrogen-bond donors (Lipinski definition) is 1. The molecule has 0 amide bonds. The Morgan fingerprint density at radius 3 is 2.69 bits per heavy atom. The van der Waals surface area contributed by atoms with E-state index in [9.17, 15) is 4.39 Å². The largest absolute Gasteiger partial charge is 0.295 e. The van der Waals surface area contributed by atoms with Crippen molar-refractivity contribution >= 4 is 0 Å². The molecule has 0 radical (unpaired) electrons. The van der Waals surface area contributed by atoms with Crippen molar-refractivity contribution < 1.29 is 4.39 Å². The lowest BCUT2D eigenvalue weighted by molar-refractivity contribution is 0.505. The lowest BCUT2D eigenvalue weighted by atomic mass is 10.0. The van der Waals surface area contributed by atoms with Gasteiger partial charge in [0.25, 0.3) is 0 Å². The first kappa shape index (κ1) is 12.7. The van der Waals surface area contributed by atoms with Crippen molar-refractivity contribution in [1.29, 1.82) is 5.26 Å². The highest BCUT2D eigenvalue weighted by Gasteiger charge is 2.11. The number of rotatable bonds is 4. The van der Waals surface area contributed by atoms with Gasteiger partial charge in [-0.25, -0.2) is 4.39 Å². The Hall–Kier alpha value is -1.40. The number of benzene rings is 1. The van der Waals surface area contributed by atoms with Gasteiger partial charge in [-0.15, -0.1) is 0 Å². The number of halogens is 1. The predicted molar refractivity (Wildman–Crippen MR) is 62.4 cm³/mol. The van der Waals surface area contributed by atoms with E-state index in [1.165, 1.54) is 6.07 Å². The highest BCUT2D eigenvalue weighted by molar-refractivity contribution is 5.25. The zero-order chi connectivity index (χ0) is 12.1. The first-order valence-corrected chi connectivity index (χ1v) is 5.50. The van der Waals surface area contributed by atoms with Crippen LogP contribution >= 0.6 is 0 Å². The van der Waals surface area contributed by atoms with Crippen molar-refractivity contribution in [2.75, 3.05) is 0 Å². The van der Waals surface area contributed by atoms with E-state index in [4.69, 9.17) is 5.26 Å². The van der Waals surface area contributed by atoms with E-state index in [1.54, 1.807) is 13.0 Å². The van der Waals surface area contributed by atoms with Crippen molar-refractivity contribution in [1.82, 2.24) is 5.32 Å². The molecule has 2 nitrogen and oxygen atoms in total. The van der Waals surface area contributed by atoms with Crippen LogP contribution in [0.3, 0.4) is 0 Å². The third-order valence-corrected chi connectivity index (χ3v) is 2.71. The molecule has 0 heterocycles. The van der Waals surface area contributed by atoms with Gasteiger partial charge in [0.2, 0.25) is 0 Å². The molecule has 0 spiro atoms. The molecule has 2 atom stereocenters. The fraction of sp³-hybridized carbons (Fsp3) is 0.462. The fourth-order valence-corrected chi connectivity index (χ4v) is 1.52. The van der Waals surface area contributed by atoms with Gasteiger partial charge < -0.3 is 0 Å². The Balaban J connectivity index is 2.77. The van der Waals surface area contributed by atoms with Crippen molar-refractivity contribution in [3.63, 3.8) is 0 Å². The molecule has 1 rings (SSSR count). The molecule has 2 unspecified atom stereocenters. The molecule has 0 aliphatic heterocycles. The first-order valence-electron chi connectivity index (χ1n) is 5.50. The fourth-order valence-electron chi connectivity index (χ4n) is 1.52. The van der Waals surface area contributed by atoms with Crippen LogP contribution in [0.1, 0.15) is 37.4 Å². The maximum Gasteiger partial charge on any atom is 0.126 e. The molecule has 0 saturated carbocycles. The van der Waals surface area contributed by atoms with Gasteiger partial charge in [0.1, 0.15) is 5.82 Å². The summed E-state index contributed by atoms with van der Waals surface area (Å²) in [5.41, 5.74) is 1.51. The first-order chi connectivity index (χ1) is 7.58. The molecule has 3 heteroatoms. The SMILES string of the molecule is CCC(C#N)NC(C)c1ccc(C)c(F)c1. The van der Waals surface area contributed by atoms with Crippen LogP contribution in [0.4, 0.5) is 4.39 Å². The zero-order valence-electron chi connectivity index (χ0n) is 9.92. The normalized spacial score (nSPS) is 14.2. The molecular weight excluding hydrogens is 203 g/mol. The van der Waals surface area contributed by atoms with Gasteiger partial charge in [0, 0.05) is 6.04 Å². The molecule has 0 saturated heterocycles. The highest BCUT2D eigenvalue weighted by Crippen LogP contribution is 2.17. The average molecular weight is 220 g/mol. The minimum atomic E-state index is -0.198. The quantitative estimate of drug-likeness (QED) is 0.846. The lowest BCUT2D eigenvalue weighted by Gasteiger charge is -2.17. The molecular formula is C13H17FN2. The van der Waals surface area contributed by atoms with Crippen LogP contribution in [0, 0.1) is 24.1 Å². The van der Waals surface area contributed by atoms with Gasteiger partial charge in [0.05, 0.1) is 12.1 Å². The van der Waals surface area contributed by atoms with Crippen LogP contribution in [0.15, 0.2) is 18.2 Å². The molecule has 0 aromatic heterocycles. The number of hydrogen-bond acceptors (Lipinski definition) is 2. The standard InChI is InChI=1S/C13H17FN2/c1-4-12(8-15)16-10(3)11-6-5-9(2)13(14)7-11/h5-7,10,12,16H,4H2,1-3H3. The molecule has 0 fully saturated rings. The van der Waals surface area contributed by atoms with E-state index in [0.717, 1.165) is 12.0 Å². The highest BCUT2D eigenvalue weighted by atomic mass is 19.1. The second kappa shape index (κ2) is 5.62. The van der Waals surface area contributed by atoms with Gasteiger partial charge in [-0.2, -0.15) is 5.26 Å². The van der Waals surface area contributed by atoms with Gasteiger partial charge in [-0.3, -0.25) is 5.32 Å². The Labute approximate surface area is 96.1 Å². The van der Waals surface area contributed by atoms with E-state index >= 15 is 0 Å². The number of nitrogens with zero attached hydrogens (tertiary/aromatic N) is 1. The summed E-state index contributed by atoms with van der Waals surface area (Å²) in [6.07, 6.45) is 0.745. The Morgan fingerprint density at radius 2 is 2.19 bits per heavy atom. The zero-order valence-corrected chi connectivity index (χ0v) is 9.92. The van der Waals surface area contributed by atoms with Crippen LogP contribution in [0.25, 0.3) is 0 Å². The minimum absolute atomic E-state index is 0.0142. The summed E-state index contributed by atoms with van der Waals surface area (Å²) in [5.74, 6) is -0.198. The van der Waals surface area contributed by atoms with E-state index < -0.39 is 0 Å². The predicted octanol–water partition coefficient (Wildman–Crippen LogP) is 3.09. The molecule has 1 N–H and O–H groups in total. The van der Waals surface area contributed by atoms with E-state index in [0.29, 0.717) is 5.56 Å². The second-order valence-electron chi connectivity index (χ2n) is 3.99. The summed E-state index contributed by atoms with van der Waals surface area (Å²) in [5, 5.41) is 12.0. The van der Waals surface area contributed by atoms with Crippen molar-refractivity contribution in [2.24, 2.45) is 0 Å². The molecule has 0 aliphatic carbocycles. The van der Waals surface area contributed by atoms with Gasteiger partial charge in [0.15, 0.2) is 0 Å². The van der Waals surface area contributed by atoms with Crippen LogP contribution in [-0.2, 0) is 0 Å². The van der Waals surface area contributed by atoms with Gasteiger partial charge in [-0.1, -0.05) is 19.1 Å². The second-order valence-corrected chi connectivity index (χ2v) is 3.99.